The van der Waals surface area contributed by atoms with Crippen molar-refractivity contribution in [3.63, 3.8) is 0 Å². The van der Waals surface area contributed by atoms with Crippen LogP contribution in [0.2, 0.25) is 0 Å². The van der Waals surface area contributed by atoms with Crippen molar-refractivity contribution in [1.82, 2.24) is 0 Å². The first-order valence-electron chi connectivity index (χ1n) is 7.74. The molecule has 1 rings (SSSR count). The molecule has 0 heterocycles. The third-order valence-electron chi connectivity index (χ3n) is 3.43. The number of carbonyl (C=O) groups is 1. The Balaban J connectivity index is 2.40. The molecule has 0 aliphatic rings. The van der Waals surface area contributed by atoms with Crippen molar-refractivity contribution in [2.45, 2.75) is 38.4 Å². The monoisotopic (exact) mass is 387 g/mol. The maximum Gasteiger partial charge on any atom is 0.338 e. The molecule has 0 aliphatic carbocycles. The number of hydrogen-bond acceptors (Lipinski definition) is 10. The van der Waals surface area contributed by atoms with E-state index in [0.29, 0.717) is 12.8 Å². The Morgan fingerprint density at radius 1 is 1.00 bits per heavy atom. The predicted molar refractivity (Wildman–Crippen MR) is 86.6 cm³/mol. The second-order valence-electron chi connectivity index (χ2n) is 5.34. The van der Waals surface area contributed by atoms with Gasteiger partial charge in [-0.2, -0.15) is 0 Å². The number of esters is 1. The topological polar surface area (TPSA) is 174 Å². The molecule has 0 radical (unpaired) electrons. The second-order valence-corrected chi connectivity index (χ2v) is 5.34. The zero-order valence-corrected chi connectivity index (χ0v) is 14.2. The van der Waals surface area contributed by atoms with E-state index in [1.807, 2.05) is 0 Å². The van der Waals surface area contributed by atoms with Crippen molar-refractivity contribution < 1.29 is 34.3 Å². The fraction of sp³-hybridized carbons (Fsp3) is 0.500. The Kier molecular flexibility index (Phi) is 8.35. The van der Waals surface area contributed by atoms with E-state index in [1.54, 1.807) is 0 Å². The molecule has 0 fully saturated rings. The van der Waals surface area contributed by atoms with E-state index < -0.39 is 33.3 Å². The number of benzene rings is 1. The smallest absolute Gasteiger partial charge is 0.338 e. The van der Waals surface area contributed by atoms with Crippen molar-refractivity contribution >= 4 is 11.7 Å². The van der Waals surface area contributed by atoms with E-state index in [4.69, 9.17) is 4.74 Å². The minimum atomic E-state index is -1.15. The van der Waals surface area contributed by atoms with Gasteiger partial charge in [-0.3, -0.25) is 10.1 Å². The largest absolute Gasteiger partial charge is 0.462 e. The number of unbranched alkanes of at least 4 members (excludes halogenated alkanes) is 1. The van der Waals surface area contributed by atoms with Gasteiger partial charge >= 0.3 is 5.97 Å². The summed E-state index contributed by atoms with van der Waals surface area (Å²) in [5, 5.41) is 29.2. The van der Waals surface area contributed by atoms with Crippen molar-refractivity contribution in [2.24, 2.45) is 0 Å². The quantitative estimate of drug-likeness (QED) is 0.223. The van der Waals surface area contributed by atoms with Gasteiger partial charge in [0.25, 0.3) is 15.9 Å². The van der Waals surface area contributed by atoms with Crippen LogP contribution in [0.5, 0.6) is 0 Å². The maximum absolute atomic E-state index is 11.8. The summed E-state index contributed by atoms with van der Waals surface area (Å²) in [6.07, 6.45) is -1.58. The summed E-state index contributed by atoms with van der Waals surface area (Å²) >= 11 is 0. The van der Waals surface area contributed by atoms with Crippen molar-refractivity contribution in [3.8, 4) is 0 Å². The normalized spacial score (nSPS) is 12.5. The molecule has 0 N–H and O–H groups in total. The maximum atomic E-state index is 11.8. The van der Waals surface area contributed by atoms with Gasteiger partial charge in [0.2, 0.25) is 0 Å². The molecule has 0 saturated heterocycles. The van der Waals surface area contributed by atoms with Crippen LogP contribution in [-0.2, 0) is 14.4 Å². The van der Waals surface area contributed by atoms with Gasteiger partial charge in [0, 0.05) is 12.1 Å². The second kappa shape index (κ2) is 10.5. The van der Waals surface area contributed by atoms with Crippen LogP contribution in [-0.4, -0.2) is 39.9 Å². The van der Waals surface area contributed by atoms with Gasteiger partial charge in [-0.15, -0.1) is 20.2 Å². The molecule has 27 heavy (non-hydrogen) atoms. The van der Waals surface area contributed by atoms with Crippen LogP contribution < -0.4 is 0 Å². The van der Waals surface area contributed by atoms with Crippen molar-refractivity contribution in [3.05, 3.63) is 60.2 Å². The molecule has 0 saturated carbocycles. The van der Waals surface area contributed by atoms with Gasteiger partial charge in [0.15, 0.2) is 0 Å². The third kappa shape index (κ3) is 7.94. The molecular weight excluding hydrogens is 370 g/mol. The summed E-state index contributed by atoms with van der Waals surface area (Å²) in [6, 6.07) is 4.87. The number of hydrogen-bond donors (Lipinski definition) is 0. The molecule has 0 aliphatic heterocycles. The summed E-state index contributed by atoms with van der Waals surface area (Å²) in [5.41, 5.74) is -0.0161. The Hall–Kier alpha value is -3.51. The molecule has 2 unspecified atom stereocenters. The highest BCUT2D eigenvalue weighted by Gasteiger charge is 2.24. The minimum absolute atomic E-state index is 0.00845. The number of nitro benzene ring substituents is 1. The Labute approximate surface area is 152 Å². The van der Waals surface area contributed by atoms with E-state index in [0.717, 1.165) is 0 Å². The van der Waals surface area contributed by atoms with Crippen molar-refractivity contribution in [2.75, 3.05) is 6.61 Å². The van der Waals surface area contributed by atoms with Crippen LogP contribution in [0.3, 0.4) is 0 Å². The average molecular weight is 387 g/mol. The van der Waals surface area contributed by atoms with Crippen LogP contribution in [0, 0.1) is 30.3 Å². The Morgan fingerprint density at radius 3 is 2.11 bits per heavy atom. The van der Waals surface area contributed by atoms with Gasteiger partial charge < -0.3 is 14.4 Å². The molecule has 0 aromatic heterocycles. The molecule has 1 aromatic carbocycles. The summed E-state index contributed by atoms with van der Waals surface area (Å²) in [4.78, 5) is 51.1. The molecule has 1 aromatic rings. The van der Waals surface area contributed by atoms with E-state index in [2.05, 4.69) is 9.68 Å². The lowest BCUT2D eigenvalue weighted by Crippen LogP contribution is -2.32. The average Bonchev–Trinajstić information content (AvgIpc) is 2.59. The molecule has 0 amide bonds. The number of carbonyl (C=O) groups excluding carboxylic acids is 1. The lowest BCUT2D eigenvalue weighted by atomic mass is 10.1. The highest BCUT2D eigenvalue weighted by atomic mass is 17.0. The van der Waals surface area contributed by atoms with Crippen LogP contribution in [0.25, 0.3) is 0 Å². The molecule has 13 nitrogen and oxygen atoms in total. The third-order valence-corrected chi connectivity index (χ3v) is 3.43. The van der Waals surface area contributed by atoms with Crippen LogP contribution in [0.15, 0.2) is 24.3 Å². The fourth-order valence-electron chi connectivity index (χ4n) is 2.10. The lowest BCUT2D eigenvalue weighted by Gasteiger charge is -2.20. The number of ether oxygens (including phenoxy) is 1. The van der Waals surface area contributed by atoms with Gasteiger partial charge in [0.05, 0.1) is 17.1 Å². The van der Waals surface area contributed by atoms with Gasteiger partial charge in [-0.05, 0) is 38.3 Å². The molecule has 0 bridgehead atoms. The zero-order valence-electron chi connectivity index (χ0n) is 14.2. The fourth-order valence-corrected chi connectivity index (χ4v) is 2.10. The Bertz CT molecular complexity index is 678. The summed E-state index contributed by atoms with van der Waals surface area (Å²) in [6.45, 7) is 1.26. The first kappa shape index (κ1) is 21.5. The molecular formula is C14H17N3O10. The molecule has 0 spiro atoms. The van der Waals surface area contributed by atoms with Gasteiger partial charge in [0.1, 0.15) is 12.2 Å². The highest BCUT2D eigenvalue weighted by Crippen LogP contribution is 2.14. The van der Waals surface area contributed by atoms with Crippen LogP contribution in [0.1, 0.15) is 36.5 Å². The zero-order chi connectivity index (χ0) is 20.4. The number of rotatable bonds is 12. The number of nitro groups is 1. The first-order valence-corrected chi connectivity index (χ1v) is 7.74. The SMILES string of the molecule is CC(O[N+](=O)[O-])C(CCCCOC(=O)c1ccc([N+](=O)[O-])cc1)O[N+](=O)[O-]. The van der Waals surface area contributed by atoms with Crippen molar-refractivity contribution in [1.29, 1.82) is 0 Å². The molecule has 148 valence electrons. The van der Waals surface area contributed by atoms with Gasteiger partial charge in [-0.25, -0.2) is 4.79 Å². The van der Waals surface area contributed by atoms with E-state index in [9.17, 15) is 35.1 Å². The summed E-state index contributed by atoms with van der Waals surface area (Å²) in [5.74, 6) is -0.673. The van der Waals surface area contributed by atoms with E-state index in [-0.39, 0.29) is 24.3 Å². The first-order chi connectivity index (χ1) is 12.7. The molecule has 13 heteroatoms. The van der Waals surface area contributed by atoms with Crippen LogP contribution in [0.4, 0.5) is 5.69 Å². The Morgan fingerprint density at radius 2 is 1.59 bits per heavy atom. The highest BCUT2D eigenvalue weighted by molar-refractivity contribution is 5.89. The lowest BCUT2D eigenvalue weighted by molar-refractivity contribution is -0.798. The molecule has 2 atom stereocenters. The minimum Gasteiger partial charge on any atom is -0.462 e. The van der Waals surface area contributed by atoms with Crippen LogP contribution >= 0.6 is 0 Å². The summed E-state index contributed by atoms with van der Waals surface area (Å²) < 4.78 is 4.99. The summed E-state index contributed by atoms with van der Waals surface area (Å²) in [7, 11) is 0. The van der Waals surface area contributed by atoms with E-state index >= 15 is 0 Å². The number of non-ortho nitro benzene ring substituents is 1. The number of nitrogens with zero attached hydrogens (tertiary/aromatic N) is 3. The standard InChI is InChI=1S/C14H17N3O10/c1-10(26-16(21)22)13(27-17(23)24)4-2-3-9-25-14(18)11-5-7-12(8-6-11)15(19)20/h5-8,10,13H,2-4,9H2,1H3. The predicted octanol–water partition coefficient (Wildman–Crippen LogP) is 2.10. The van der Waals surface area contributed by atoms with E-state index in [1.165, 1.54) is 31.2 Å². The van der Waals surface area contributed by atoms with Gasteiger partial charge in [-0.1, -0.05) is 0 Å².